The summed E-state index contributed by atoms with van der Waals surface area (Å²) in [6.07, 6.45) is 7.05. The van der Waals surface area contributed by atoms with Crippen LogP contribution >= 0.6 is 0 Å². The second kappa shape index (κ2) is 7.32. The number of hydrogen-bond donors (Lipinski definition) is 0. The molecular formula is C19H25FN2O2. The number of halogens is 1. The molecule has 1 saturated carbocycles. The van der Waals surface area contributed by atoms with E-state index in [4.69, 9.17) is 0 Å². The molecule has 2 fully saturated rings. The van der Waals surface area contributed by atoms with Gasteiger partial charge in [0.2, 0.25) is 11.8 Å². The van der Waals surface area contributed by atoms with Gasteiger partial charge in [-0.3, -0.25) is 9.59 Å². The summed E-state index contributed by atoms with van der Waals surface area (Å²) >= 11 is 0. The first-order valence-corrected chi connectivity index (χ1v) is 8.89. The summed E-state index contributed by atoms with van der Waals surface area (Å²) in [7, 11) is 1.86. The van der Waals surface area contributed by atoms with E-state index in [1.54, 1.807) is 18.2 Å². The Balaban J connectivity index is 1.68. The van der Waals surface area contributed by atoms with Gasteiger partial charge in [0.15, 0.2) is 0 Å². The van der Waals surface area contributed by atoms with E-state index in [-0.39, 0.29) is 42.4 Å². The lowest BCUT2D eigenvalue weighted by Gasteiger charge is -2.29. The second-order valence-electron chi connectivity index (χ2n) is 6.95. The third kappa shape index (κ3) is 3.45. The van der Waals surface area contributed by atoms with Crippen molar-refractivity contribution in [3.63, 3.8) is 0 Å². The van der Waals surface area contributed by atoms with Gasteiger partial charge in [-0.1, -0.05) is 37.8 Å². The number of carbonyl (C=O) groups excluding carboxylic acids is 2. The summed E-state index contributed by atoms with van der Waals surface area (Å²) in [5.74, 6) is -0.941. The number of hydrogen-bond acceptors (Lipinski definition) is 2. The molecular weight excluding hydrogens is 307 g/mol. The molecule has 1 heterocycles. The van der Waals surface area contributed by atoms with Crippen molar-refractivity contribution >= 4 is 17.5 Å². The van der Waals surface area contributed by atoms with Crippen LogP contribution < -0.4 is 4.90 Å². The molecule has 130 valence electrons. The number of nitrogens with zero attached hydrogens (tertiary/aromatic N) is 2. The number of anilines is 1. The van der Waals surface area contributed by atoms with Gasteiger partial charge in [-0.2, -0.15) is 0 Å². The first-order valence-electron chi connectivity index (χ1n) is 8.89. The van der Waals surface area contributed by atoms with Crippen molar-refractivity contribution in [1.82, 2.24) is 4.90 Å². The van der Waals surface area contributed by atoms with Crippen LogP contribution in [0.25, 0.3) is 0 Å². The Morgan fingerprint density at radius 1 is 1.17 bits per heavy atom. The lowest BCUT2D eigenvalue weighted by Crippen LogP contribution is -2.41. The fourth-order valence-electron chi connectivity index (χ4n) is 3.89. The van der Waals surface area contributed by atoms with Crippen LogP contribution in [-0.2, 0) is 9.59 Å². The van der Waals surface area contributed by atoms with E-state index in [1.807, 2.05) is 11.9 Å². The predicted octanol–water partition coefficient (Wildman–Crippen LogP) is 3.36. The molecule has 1 aromatic rings. The third-order valence-corrected chi connectivity index (χ3v) is 5.34. The molecule has 0 radical (unpaired) electrons. The number of para-hydroxylation sites is 1. The molecule has 1 aromatic carbocycles. The number of amides is 2. The monoisotopic (exact) mass is 332 g/mol. The van der Waals surface area contributed by atoms with Gasteiger partial charge in [0.25, 0.3) is 0 Å². The van der Waals surface area contributed by atoms with Crippen LogP contribution in [0.2, 0.25) is 0 Å². The van der Waals surface area contributed by atoms with Gasteiger partial charge in [-0.05, 0) is 25.0 Å². The van der Waals surface area contributed by atoms with Crippen molar-refractivity contribution in [2.24, 2.45) is 5.92 Å². The van der Waals surface area contributed by atoms with E-state index >= 15 is 0 Å². The van der Waals surface area contributed by atoms with Gasteiger partial charge >= 0.3 is 0 Å². The van der Waals surface area contributed by atoms with Gasteiger partial charge in [0.05, 0.1) is 11.6 Å². The molecule has 2 amide bonds. The third-order valence-electron chi connectivity index (χ3n) is 5.34. The smallest absolute Gasteiger partial charge is 0.228 e. The normalized spacial score (nSPS) is 22.5. The van der Waals surface area contributed by atoms with Crippen molar-refractivity contribution in [1.29, 1.82) is 0 Å². The fraction of sp³-hybridized carbons (Fsp3) is 0.579. The number of rotatable bonds is 3. The Labute approximate surface area is 142 Å². The highest BCUT2D eigenvalue weighted by Crippen LogP contribution is 2.29. The van der Waals surface area contributed by atoms with Crippen LogP contribution in [0.4, 0.5) is 10.1 Å². The van der Waals surface area contributed by atoms with Crippen molar-refractivity contribution < 1.29 is 14.0 Å². The molecule has 24 heavy (non-hydrogen) atoms. The van der Waals surface area contributed by atoms with Crippen LogP contribution in [0.3, 0.4) is 0 Å². The second-order valence-corrected chi connectivity index (χ2v) is 6.95. The zero-order valence-electron chi connectivity index (χ0n) is 14.2. The highest BCUT2D eigenvalue weighted by atomic mass is 19.1. The SMILES string of the molecule is CN(C(=O)C1CC(=O)N(c2ccccc2F)C1)C1CCCCCC1. The van der Waals surface area contributed by atoms with Crippen LogP contribution in [-0.4, -0.2) is 36.3 Å². The van der Waals surface area contributed by atoms with Crippen LogP contribution in [0.1, 0.15) is 44.9 Å². The standard InChI is InChI=1S/C19H25FN2O2/c1-21(15-8-4-2-3-5-9-15)19(24)14-12-18(23)22(13-14)17-11-7-6-10-16(17)20/h6-7,10-11,14-15H,2-5,8-9,12-13H2,1H3. The highest BCUT2D eigenvalue weighted by molar-refractivity contribution is 6.00. The maximum atomic E-state index is 13.9. The van der Waals surface area contributed by atoms with Crippen LogP contribution in [0.15, 0.2) is 24.3 Å². The molecule has 4 nitrogen and oxygen atoms in total. The summed E-state index contributed by atoms with van der Waals surface area (Å²) in [4.78, 5) is 28.4. The number of benzene rings is 1. The Kier molecular flexibility index (Phi) is 5.17. The molecule has 3 rings (SSSR count). The Bertz CT molecular complexity index is 611. The Morgan fingerprint density at radius 2 is 1.83 bits per heavy atom. The van der Waals surface area contributed by atoms with E-state index in [2.05, 4.69) is 0 Å². The highest BCUT2D eigenvalue weighted by Gasteiger charge is 2.38. The van der Waals surface area contributed by atoms with E-state index in [1.165, 1.54) is 23.8 Å². The minimum Gasteiger partial charge on any atom is -0.342 e. The molecule has 1 aliphatic carbocycles. The summed E-state index contributed by atoms with van der Waals surface area (Å²) in [5, 5.41) is 0. The lowest BCUT2D eigenvalue weighted by molar-refractivity contribution is -0.136. The summed E-state index contributed by atoms with van der Waals surface area (Å²) in [6.45, 7) is 0.273. The molecule has 1 aliphatic heterocycles. The zero-order chi connectivity index (χ0) is 17.1. The van der Waals surface area contributed by atoms with Gasteiger partial charge in [0, 0.05) is 26.1 Å². The molecule has 0 spiro atoms. The van der Waals surface area contributed by atoms with Gasteiger partial charge in [0.1, 0.15) is 5.82 Å². The summed E-state index contributed by atoms with van der Waals surface area (Å²) in [6, 6.07) is 6.52. The van der Waals surface area contributed by atoms with E-state index in [9.17, 15) is 14.0 Å². The topological polar surface area (TPSA) is 40.6 Å². The van der Waals surface area contributed by atoms with Crippen molar-refractivity contribution in [3.8, 4) is 0 Å². The zero-order valence-corrected chi connectivity index (χ0v) is 14.2. The van der Waals surface area contributed by atoms with Crippen molar-refractivity contribution in [2.75, 3.05) is 18.5 Å². The van der Waals surface area contributed by atoms with Gasteiger partial charge in [-0.15, -0.1) is 0 Å². The molecule has 0 bridgehead atoms. The number of carbonyl (C=O) groups is 2. The average molecular weight is 332 g/mol. The minimum atomic E-state index is -0.420. The molecule has 0 aromatic heterocycles. The first-order chi connectivity index (χ1) is 11.6. The molecule has 1 saturated heterocycles. The maximum absolute atomic E-state index is 13.9. The largest absolute Gasteiger partial charge is 0.342 e. The Morgan fingerprint density at radius 3 is 2.50 bits per heavy atom. The minimum absolute atomic E-state index is 0.0223. The lowest BCUT2D eigenvalue weighted by atomic mass is 10.0. The van der Waals surface area contributed by atoms with Gasteiger partial charge in [-0.25, -0.2) is 4.39 Å². The van der Waals surface area contributed by atoms with E-state index < -0.39 is 5.82 Å². The molecule has 2 aliphatic rings. The maximum Gasteiger partial charge on any atom is 0.228 e. The fourth-order valence-corrected chi connectivity index (χ4v) is 3.89. The van der Waals surface area contributed by atoms with Crippen molar-refractivity contribution in [2.45, 2.75) is 51.0 Å². The van der Waals surface area contributed by atoms with E-state index in [0.29, 0.717) is 0 Å². The predicted molar refractivity (Wildman–Crippen MR) is 91.1 cm³/mol. The summed E-state index contributed by atoms with van der Waals surface area (Å²) < 4.78 is 13.9. The average Bonchev–Trinajstić information content (AvgIpc) is 2.79. The molecule has 1 atom stereocenters. The first kappa shape index (κ1) is 16.9. The van der Waals surface area contributed by atoms with Gasteiger partial charge < -0.3 is 9.80 Å². The Hall–Kier alpha value is -1.91. The molecule has 5 heteroatoms. The van der Waals surface area contributed by atoms with Crippen LogP contribution in [0, 0.1) is 11.7 Å². The molecule has 1 unspecified atom stereocenters. The molecule has 0 N–H and O–H groups in total. The van der Waals surface area contributed by atoms with E-state index in [0.717, 1.165) is 25.7 Å². The van der Waals surface area contributed by atoms with Crippen molar-refractivity contribution in [3.05, 3.63) is 30.1 Å². The van der Waals surface area contributed by atoms with Crippen LogP contribution in [0.5, 0.6) is 0 Å². The summed E-state index contributed by atoms with van der Waals surface area (Å²) in [5.41, 5.74) is 0.273. The quantitative estimate of drug-likeness (QED) is 0.796.